The molecule has 0 aromatic heterocycles. The van der Waals surface area contributed by atoms with Crippen LogP contribution in [-0.2, 0) is 30.7 Å². The van der Waals surface area contributed by atoms with E-state index in [0.29, 0.717) is 11.3 Å². The number of rotatable bonds is 7. The summed E-state index contributed by atoms with van der Waals surface area (Å²) in [6, 6.07) is 10.3. The van der Waals surface area contributed by atoms with Gasteiger partial charge in [0.25, 0.3) is 10.0 Å². The standard InChI is InChI=1S/C25H33BrN2O6S/c1-16-11-12-20(35(31,32)28-19-10-8-9-18(26)15-19)13-17(16)14-21(22(29)33-24(2,3)4)27-23(30)34-25(5,6)7/h8-13,15,21,28H,14H2,1-7H3,(H,27,30)/t21-/m0/s1. The summed E-state index contributed by atoms with van der Waals surface area (Å²) in [5, 5.41) is 2.57. The van der Waals surface area contributed by atoms with Crippen LogP contribution in [0.25, 0.3) is 0 Å². The fourth-order valence-electron chi connectivity index (χ4n) is 3.04. The summed E-state index contributed by atoms with van der Waals surface area (Å²) in [6.07, 6.45) is -0.758. The molecule has 2 rings (SSSR count). The summed E-state index contributed by atoms with van der Waals surface area (Å²) >= 11 is 3.32. The Kier molecular flexibility index (Phi) is 8.99. The Morgan fingerprint density at radius 2 is 1.60 bits per heavy atom. The fourth-order valence-corrected chi connectivity index (χ4v) is 4.54. The van der Waals surface area contributed by atoms with Crippen molar-refractivity contribution in [2.75, 3.05) is 4.72 Å². The van der Waals surface area contributed by atoms with E-state index in [1.165, 1.54) is 12.1 Å². The zero-order chi connectivity index (χ0) is 26.6. The second-order valence-corrected chi connectivity index (χ2v) is 12.7. The average Bonchev–Trinajstić information content (AvgIpc) is 2.65. The van der Waals surface area contributed by atoms with Gasteiger partial charge in [-0.1, -0.05) is 28.1 Å². The minimum absolute atomic E-state index is 0.0141. The maximum atomic E-state index is 13.0. The third-order valence-corrected chi connectivity index (χ3v) is 6.39. The van der Waals surface area contributed by atoms with Crippen LogP contribution in [0.5, 0.6) is 0 Å². The molecule has 0 saturated carbocycles. The number of hydrogen-bond donors (Lipinski definition) is 2. The molecule has 0 saturated heterocycles. The van der Waals surface area contributed by atoms with E-state index in [4.69, 9.17) is 9.47 Å². The highest BCUT2D eigenvalue weighted by Crippen LogP contribution is 2.23. The van der Waals surface area contributed by atoms with Crippen molar-refractivity contribution in [1.29, 1.82) is 0 Å². The van der Waals surface area contributed by atoms with Crippen LogP contribution in [0.1, 0.15) is 52.7 Å². The van der Waals surface area contributed by atoms with Crippen molar-refractivity contribution < 1.29 is 27.5 Å². The number of benzene rings is 2. The minimum Gasteiger partial charge on any atom is -0.458 e. The molecule has 10 heteroatoms. The summed E-state index contributed by atoms with van der Waals surface area (Å²) in [7, 11) is -3.90. The summed E-state index contributed by atoms with van der Waals surface area (Å²) in [5.74, 6) is -0.650. The summed E-state index contributed by atoms with van der Waals surface area (Å²) in [5.41, 5.74) is 0.184. The fraction of sp³-hybridized carbons (Fsp3) is 0.440. The van der Waals surface area contributed by atoms with Crippen LogP contribution in [0, 0.1) is 6.92 Å². The molecule has 0 aliphatic rings. The highest BCUT2D eigenvalue weighted by molar-refractivity contribution is 9.10. The van der Waals surface area contributed by atoms with Gasteiger partial charge in [0.15, 0.2) is 0 Å². The molecule has 2 aromatic carbocycles. The number of nitrogens with one attached hydrogen (secondary N) is 2. The number of sulfonamides is 1. The van der Waals surface area contributed by atoms with Crippen LogP contribution in [0.3, 0.4) is 0 Å². The molecule has 2 aromatic rings. The molecule has 0 spiro atoms. The Morgan fingerprint density at radius 1 is 0.971 bits per heavy atom. The van der Waals surface area contributed by atoms with Crippen molar-refractivity contribution in [3.63, 3.8) is 0 Å². The lowest BCUT2D eigenvalue weighted by Gasteiger charge is -2.26. The normalized spacial score (nSPS) is 13.0. The van der Waals surface area contributed by atoms with Gasteiger partial charge < -0.3 is 14.8 Å². The topological polar surface area (TPSA) is 111 Å². The molecular formula is C25H33BrN2O6S. The molecule has 0 unspecified atom stereocenters. The van der Waals surface area contributed by atoms with E-state index < -0.39 is 39.3 Å². The highest BCUT2D eigenvalue weighted by Gasteiger charge is 2.30. The largest absolute Gasteiger partial charge is 0.458 e. The van der Waals surface area contributed by atoms with E-state index in [2.05, 4.69) is 26.0 Å². The molecule has 1 amide bonds. The van der Waals surface area contributed by atoms with Gasteiger partial charge in [-0.2, -0.15) is 0 Å². The third kappa shape index (κ3) is 9.52. The van der Waals surface area contributed by atoms with Crippen LogP contribution in [0.2, 0.25) is 0 Å². The Bertz CT molecular complexity index is 1180. The van der Waals surface area contributed by atoms with E-state index in [-0.39, 0.29) is 11.3 Å². The third-order valence-electron chi connectivity index (χ3n) is 4.51. The Labute approximate surface area is 216 Å². The van der Waals surface area contributed by atoms with Gasteiger partial charge in [0.2, 0.25) is 0 Å². The summed E-state index contributed by atoms with van der Waals surface area (Å²) < 4.78 is 40.1. The van der Waals surface area contributed by atoms with Gasteiger partial charge in [-0.05, 0) is 89.9 Å². The first-order valence-corrected chi connectivity index (χ1v) is 13.3. The SMILES string of the molecule is Cc1ccc(S(=O)(=O)Nc2cccc(Br)c2)cc1C[C@H](NC(=O)OC(C)(C)C)C(=O)OC(C)(C)C. The summed E-state index contributed by atoms with van der Waals surface area (Å²) in [6.45, 7) is 12.1. The number of hydrogen-bond acceptors (Lipinski definition) is 6. The molecule has 2 N–H and O–H groups in total. The first-order chi connectivity index (χ1) is 15.9. The maximum absolute atomic E-state index is 13.0. The van der Waals surface area contributed by atoms with Crippen LogP contribution in [0.4, 0.5) is 10.5 Å². The Balaban J connectivity index is 2.35. The number of ether oxygens (including phenoxy) is 2. The van der Waals surface area contributed by atoms with Crippen LogP contribution < -0.4 is 10.0 Å². The maximum Gasteiger partial charge on any atom is 0.408 e. The number of carbonyl (C=O) groups excluding carboxylic acids is 2. The van der Waals surface area contributed by atoms with Crippen LogP contribution >= 0.6 is 15.9 Å². The van der Waals surface area contributed by atoms with Crippen molar-refractivity contribution >= 4 is 43.7 Å². The van der Waals surface area contributed by atoms with Gasteiger partial charge in [-0.15, -0.1) is 0 Å². The number of anilines is 1. The molecule has 0 aliphatic heterocycles. The quantitative estimate of drug-likeness (QED) is 0.436. The van der Waals surface area contributed by atoms with Crippen molar-refractivity contribution in [3.05, 3.63) is 58.1 Å². The van der Waals surface area contributed by atoms with Gasteiger partial charge in [-0.25, -0.2) is 18.0 Å². The molecule has 0 bridgehead atoms. The van der Waals surface area contributed by atoms with Crippen LogP contribution in [0.15, 0.2) is 51.8 Å². The van der Waals surface area contributed by atoms with Gasteiger partial charge in [0.1, 0.15) is 17.2 Å². The van der Waals surface area contributed by atoms with Crippen LogP contribution in [-0.4, -0.2) is 37.7 Å². The number of aryl methyl sites for hydroxylation is 1. The van der Waals surface area contributed by atoms with Gasteiger partial charge in [-0.3, -0.25) is 4.72 Å². The smallest absolute Gasteiger partial charge is 0.408 e. The van der Waals surface area contributed by atoms with E-state index in [9.17, 15) is 18.0 Å². The zero-order valence-electron chi connectivity index (χ0n) is 21.1. The number of alkyl carbamates (subject to hydrolysis) is 1. The number of carbonyl (C=O) groups is 2. The lowest BCUT2D eigenvalue weighted by atomic mass is 10.0. The van der Waals surface area contributed by atoms with Gasteiger partial charge >= 0.3 is 12.1 Å². The minimum atomic E-state index is -3.90. The van der Waals surface area contributed by atoms with Gasteiger partial charge in [0.05, 0.1) is 4.90 Å². The molecule has 0 aliphatic carbocycles. The zero-order valence-corrected chi connectivity index (χ0v) is 23.5. The van der Waals surface area contributed by atoms with E-state index in [0.717, 1.165) is 10.0 Å². The molecule has 0 radical (unpaired) electrons. The molecule has 0 heterocycles. The molecule has 0 fully saturated rings. The number of amides is 1. The predicted molar refractivity (Wildman–Crippen MR) is 139 cm³/mol. The van der Waals surface area contributed by atoms with Gasteiger partial charge in [0, 0.05) is 16.6 Å². The highest BCUT2D eigenvalue weighted by atomic mass is 79.9. The first kappa shape index (κ1) is 28.6. The lowest BCUT2D eigenvalue weighted by molar-refractivity contribution is -0.157. The van der Waals surface area contributed by atoms with Crippen molar-refractivity contribution in [3.8, 4) is 0 Å². The molecule has 192 valence electrons. The lowest BCUT2D eigenvalue weighted by Crippen LogP contribution is -2.47. The number of halogens is 1. The molecule has 35 heavy (non-hydrogen) atoms. The second kappa shape index (κ2) is 11.0. The molecule has 8 nitrogen and oxygen atoms in total. The summed E-state index contributed by atoms with van der Waals surface area (Å²) in [4.78, 5) is 25.3. The number of esters is 1. The van der Waals surface area contributed by atoms with Crippen molar-refractivity contribution in [2.24, 2.45) is 0 Å². The molecular weight excluding hydrogens is 536 g/mol. The molecule has 1 atom stereocenters. The predicted octanol–water partition coefficient (Wildman–Crippen LogP) is 5.34. The Morgan fingerprint density at radius 3 is 2.17 bits per heavy atom. The van der Waals surface area contributed by atoms with Crippen molar-refractivity contribution in [2.45, 2.75) is 77.0 Å². The average molecular weight is 570 g/mol. The second-order valence-electron chi connectivity index (χ2n) is 10.1. The van der Waals surface area contributed by atoms with Crippen molar-refractivity contribution in [1.82, 2.24) is 5.32 Å². The Hall–Kier alpha value is -2.59. The monoisotopic (exact) mass is 568 g/mol. The van der Waals surface area contributed by atoms with E-state index in [1.54, 1.807) is 78.8 Å². The van der Waals surface area contributed by atoms with E-state index >= 15 is 0 Å². The first-order valence-electron chi connectivity index (χ1n) is 11.1. The van der Waals surface area contributed by atoms with E-state index in [1.807, 2.05) is 0 Å².